The molecule has 1 rings (SSSR count). The van der Waals surface area contributed by atoms with Gasteiger partial charge in [-0.15, -0.1) is 0 Å². The van der Waals surface area contributed by atoms with Gasteiger partial charge in [-0.1, -0.05) is 49.2 Å². The molecule has 2 nitrogen and oxygen atoms in total. The van der Waals surface area contributed by atoms with E-state index in [4.69, 9.17) is 27.9 Å². The van der Waals surface area contributed by atoms with Gasteiger partial charge in [-0.3, -0.25) is 0 Å². The summed E-state index contributed by atoms with van der Waals surface area (Å²) < 4.78 is 5.75. The third-order valence-corrected chi connectivity index (χ3v) is 4.86. The average molecular weight is 318 g/mol. The molecule has 4 heteroatoms. The molecule has 0 saturated carbocycles. The fraction of sp³-hybridized carbons (Fsp3) is 0.625. The van der Waals surface area contributed by atoms with E-state index in [2.05, 4.69) is 26.1 Å². The van der Waals surface area contributed by atoms with Gasteiger partial charge < -0.3 is 10.1 Å². The minimum Gasteiger partial charge on any atom is -0.377 e. The molecular weight excluding hydrogens is 293 g/mol. The van der Waals surface area contributed by atoms with E-state index < -0.39 is 0 Å². The first-order chi connectivity index (χ1) is 9.48. The molecule has 20 heavy (non-hydrogen) atoms. The molecule has 2 atom stereocenters. The standard InChI is InChI=1S/C16H25Cl2NO/c1-5-10-19-14(16(3,6-2)20-4)11-12-8-7-9-13(17)15(12)18/h7-9,14,19H,5-6,10-11H2,1-4H3. The van der Waals surface area contributed by atoms with Gasteiger partial charge in [0, 0.05) is 13.2 Å². The molecule has 0 radical (unpaired) electrons. The van der Waals surface area contributed by atoms with Crippen molar-refractivity contribution in [1.82, 2.24) is 5.32 Å². The number of ether oxygens (including phenoxy) is 1. The topological polar surface area (TPSA) is 21.3 Å². The molecule has 114 valence electrons. The summed E-state index contributed by atoms with van der Waals surface area (Å²) in [5, 5.41) is 4.83. The zero-order chi connectivity index (χ0) is 15.2. The Hall–Kier alpha value is -0.280. The monoisotopic (exact) mass is 317 g/mol. The Bertz CT molecular complexity index is 419. The zero-order valence-electron chi connectivity index (χ0n) is 12.8. The summed E-state index contributed by atoms with van der Waals surface area (Å²) in [6.45, 7) is 7.40. The van der Waals surface area contributed by atoms with Crippen molar-refractivity contribution in [2.24, 2.45) is 0 Å². The van der Waals surface area contributed by atoms with Gasteiger partial charge in [-0.2, -0.15) is 0 Å². The highest BCUT2D eigenvalue weighted by atomic mass is 35.5. The van der Waals surface area contributed by atoms with Crippen molar-refractivity contribution in [3.8, 4) is 0 Å². The van der Waals surface area contributed by atoms with E-state index in [0.29, 0.717) is 10.0 Å². The predicted molar refractivity (Wildman–Crippen MR) is 88.0 cm³/mol. The maximum absolute atomic E-state index is 6.31. The normalized spacial score (nSPS) is 15.9. The Labute approximate surface area is 132 Å². The van der Waals surface area contributed by atoms with E-state index in [0.717, 1.165) is 31.4 Å². The third kappa shape index (κ3) is 4.36. The van der Waals surface area contributed by atoms with E-state index in [9.17, 15) is 0 Å². The molecule has 0 spiro atoms. The van der Waals surface area contributed by atoms with E-state index in [1.807, 2.05) is 18.2 Å². The molecule has 0 amide bonds. The Morgan fingerprint density at radius 3 is 2.55 bits per heavy atom. The second-order valence-corrected chi connectivity index (χ2v) is 6.08. The van der Waals surface area contributed by atoms with Crippen LogP contribution in [0.2, 0.25) is 10.0 Å². The van der Waals surface area contributed by atoms with Gasteiger partial charge >= 0.3 is 0 Å². The highest BCUT2D eigenvalue weighted by Crippen LogP contribution is 2.29. The molecule has 1 N–H and O–H groups in total. The summed E-state index contributed by atoms with van der Waals surface area (Å²) in [5.74, 6) is 0. The van der Waals surface area contributed by atoms with E-state index in [1.165, 1.54) is 0 Å². The minimum absolute atomic E-state index is 0.202. The highest BCUT2D eigenvalue weighted by Gasteiger charge is 2.32. The van der Waals surface area contributed by atoms with Crippen LogP contribution in [0.25, 0.3) is 0 Å². The van der Waals surface area contributed by atoms with E-state index in [-0.39, 0.29) is 11.6 Å². The van der Waals surface area contributed by atoms with Crippen molar-refractivity contribution in [2.45, 2.75) is 51.7 Å². The molecule has 0 bridgehead atoms. The zero-order valence-corrected chi connectivity index (χ0v) is 14.3. The molecule has 1 aromatic carbocycles. The Balaban J connectivity index is 2.97. The average Bonchev–Trinajstić information content (AvgIpc) is 2.46. The van der Waals surface area contributed by atoms with Crippen LogP contribution >= 0.6 is 23.2 Å². The van der Waals surface area contributed by atoms with Gasteiger partial charge in [-0.25, -0.2) is 0 Å². The lowest BCUT2D eigenvalue weighted by Gasteiger charge is -2.37. The van der Waals surface area contributed by atoms with Crippen LogP contribution in [0.3, 0.4) is 0 Å². The smallest absolute Gasteiger partial charge is 0.0803 e. The number of benzene rings is 1. The summed E-state index contributed by atoms with van der Waals surface area (Å²) in [4.78, 5) is 0. The number of hydrogen-bond acceptors (Lipinski definition) is 2. The first-order valence-electron chi connectivity index (χ1n) is 7.19. The van der Waals surface area contributed by atoms with Crippen LogP contribution in [0.1, 0.15) is 39.2 Å². The van der Waals surface area contributed by atoms with Crippen molar-refractivity contribution in [2.75, 3.05) is 13.7 Å². The quantitative estimate of drug-likeness (QED) is 0.749. The molecule has 0 saturated heterocycles. The third-order valence-electron chi connectivity index (χ3n) is 4.00. The van der Waals surface area contributed by atoms with Crippen molar-refractivity contribution in [3.05, 3.63) is 33.8 Å². The van der Waals surface area contributed by atoms with E-state index >= 15 is 0 Å². The van der Waals surface area contributed by atoms with Gasteiger partial charge in [0.2, 0.25) is 0 Å². The summed E-state index contributed by atoms with van der Waals surface area (Å²) in [6.07, 6.45) is 2.82. The fourth-order valence-electron chi connectivity index (χ4n) is 2.28. The van der Waals surface area contributed by atoms with Crippen molar-refractivity contribution >= 4 is 23.2 Å². The van der Waals surface area contributed by atoms with E-state index in [1.54, 1.807) is 7.11 Å². The first-order valence-corrected chi connectivity index (χ1v) is 7.95. The molecule has 0 fully saturated rings. The number of rotatable bonds is 8. The molecule has 0 heterocycles. The second-order valence-electron chi connectivity index (χ2n) is 5.29. The molecule has 0 aliphatic heterocycles. The van der Waals surface area contributed by atoms with Crippen LogP contribution < -0.4 is 5.32 Å². The maximum Gasteiger partial charge on any atom is 0.0803 e. The molecule has 2 unspecified atom stereocenters. The summed E-state index contributed by atoms with van der Waals surface area (Å²) >= 11 is 12.4. The van der Waals surface area contributed by atoms with Crippen LogP contribution in [0.15, 0.2) is 18.2 Å². The highest BCUT2D eigenvalue weighted by molar-refractivity contribution is 6.42. The van der Waals surface area contributed by atoms with Crippen molar-refractivity contribution in [1.29, 1.82) is 0 Å². The molecule has 0 aliphatic carbocycles. The van der Waals surface area contributed by atoms with Crippen LogP contribution in [0.4, 0.5) is 0 Å². The fourth-order valence-corrected chi connectivity index (χ4v) is 2.68. The van der Waals surface area contributed by atoms with Crippen LogP contribution in [0, 0.1) is 0 Å². The lowest BCUT2D eigenvalue weighted by atomic mass is 9.88. The summed E-state index contributed by atoms with van der Waals surface area (Å²) in [7, 11) is 1.77. The maximum atomic E-state index is 6.31. The summed E-state index contributed by atoms with van der Waals surface area (Å²) in [6, 6.07) is 5.99. The molecular formula is C16H25Cl2NO. The van der Waals surface area contributed by atoms with Crippen LogP contribution in [-0.2, 0) is 11.2 Å². The molecule has 0 aliphatic rings. The van der Waals surface area contributed by atoms with Crippen LogP contribution in [-0.4, -0.2) is 25.3 Å². The molecule has 1 aromatic rings. The predicted octanol–water partition coefficient (Wildman–Crippen LogP) is 4.72. The number of nitrogens with one attached hydrogen (secondary N) is 1. The van der Waals surface area contributed by atoms with Crippen molar-refractivity contribution < 1.29 is 4.74 Å². The minimum atomic E-state index is -0.221. The SMILES string of the molecule is CCCNC(Cc1cccc(Cl)c1Cl)C(C)(CC)OC. The van der Waals surface area contributed by atoms with Crippen molar-refractivity contribution in [3.63, 3.8) is 0 Å². The van der Waals surface area contributed by atoms with Gasteiger partial charge in [0.05, 0.1) is 15.6 Å². The lowest BCUT2D eigenvalue weighted by molar-refractivity contribution is -0.0287. The number of hydrogen-bond donors (Lipinski definition) is 1. The molecule has 0 aromatic heterocycles. The van der Waals surface area contributed by atoms with Gasteiger partial charge in [0.25, 0.3) is 0 Å². The first kappa shape index (κ1) is 17.8. The number of halogens is 2. The Morgan fingerprint density at radius 1 is 1.30 bits per heavy atom. The van der Waals surface area contributed by atoms with Gasteiger partial charge in [-0.05, 0) is 44.4 Å². The second kappa shape index (κ2) is 8.23. The Kier molecular flexibility index (Phi) is 7.32. The lowest BCUT2D eigenvalue weighted by Crippen LogP contribution is -2.51. The largest absolute Gasteiger partial charge is 0.377 e. The summed E-state index contributed by atoms with van der Waals surface area (Å²) in [5.41, 5.74) is 0.838. The van der Waals surface area contributed by atoms with Crippen LogP contribution in [0.5, 0.6) is 0 Å². The van der Waals surface area contributed by atoms with Gasteiger partial charge in [0.15, 0.2) is 0 Å². The Morgan fingerprint density at radius 2 is 2.00 bits per heavy atom. The van der Waals surface area contributed by atoms with Gasteiger partial charge in [0.1, 0.15) is 0 Å². The number of methoxy groups -OCH3 is 1.